The van der Waals surface area contributed by atoms with Gasteiger partial charge in [0.25, 0.3) is 0 Å². The van der Waals surface area contributed by atoms with E-state index < -0.39 is 11.9 Å². The number of nitriles is 1. The summed E-state index contributed by atoms with van der Waals surface area (Å²) in [5, 5.41) is 12.0. The van der Waals surface area contributed by atoms with Crippen molar-refractivity contribution in [2.45, 2.75) is 0 Å². The molecule has 0 heterocycles. The molecular formula is C14H13ClN2O5. The van der Waals surface area contributed by atoms with Crippen LogP contribution in [0.4, 0.5) is 5.69 Å². The second-order valence-corrected chi connectivity index (χ2v) is 4.25. The van der Waals surface area contributed by atoms with Crippen molar-refractivity contribution in [3.05, 3.63) is 34.5 Å². The molecule has 0 aliphatic rings. The summed E-state index contributed by atoms with van der Waals surface area (Å²) in [4.78, 5) is 23.0. The van der Waals surface area contributed by atoms with Gasteiger partial charge in [0.1, 0.15) is 17.5 Å². The normalized spacial score (nSPS) is 10.4. The second-order valence-electron chi connectivity index (χ2n) is 3.84. The fourth-order valence-corrected chi connectivity index (χ4v) is 1.72. The zero-order valence-electron chi connectivity index (χ0n) is 12.1. The highest BCUT2D eigenvalue weighted by atomic mass is 35.5. The lowest BCUT2D eigenvalue weighted by Gasteiger charge is -2.12. The average Bonchev–Trinajstić information content (AvgIpc) is 2.53. The Kier molecular flexibility index (Phi) is 6.23. The molecule has 116 valence electrons. The van der Waals surface area contributed by atoms with Crippen LogP contribution in [0.3, 0.4) is 0 Å². The van der Waals surface area contributed by atoms with Crippen molar-refractivity contribution in [3.63, 3.8) is 0 Å². The Hall–Kier alpha value is -2.72. The fourth-order valence-electron chi connectivity index (χ4n) is 1.48. The standard InChI is InChI=1S/C14H13ClN2O5/c1-20-12-5-10(8(7-16)4-9(12)15)17-11(14(19)22-3)6-13(18)21-2/h4-6,17H,1-3H3/b11-6+. The molecule has 1 aromatic rings. The summed E-state index contributed by atoms with van der Waals surface area (Å²) >= 11 is 5.93. The van der Waals surface area contributed by atoms with Crippen molar-refractivity contribution in [2.24, 2.45) is 0 Å². The van der Waals surface area contributed by atoms with Gasteiger partial charge in [0.2, 0.25) is 0 Å². The molecule has 0 aliphatic heterocycles. The van der Waals surface area contributed by atoms with E-state index in [0.717, 1.165) is 13.2 Å². The van der Waals surface area contributed by atoms with Crippen LogP contribution in [-0.4, -0.2) is 33.3 Å². The van der Waals surface area contributed by atoms with Gasteiger partial charge in [-0.05, 0) is 6.07 Å². The highest BCUT2D eigenvalue weighted by molar-refractivity contribution is 6.32. The van der Waals surface area contributed by atoms with E-state index >= 15 is 0 Å². The van der Waals surface area contributed by atoms with Gasteiger partial charge in [0.15, 0.2) is 0 Å². The number of nitrogens with one attached hydrogen (secondary N) is 1. The number of halogens is 1. The Labute approximate surface area is 132 Å². The van der Waals surface area contributed by atoms with Crippen LogP contribution < -0.4 is 10.1 Å². The van der Waals surface area contributed by atoms with Crippen molar-refractivity contribution in [1.29, 1.82) is 5.26 Å². The van der Waals surface area contributed by atoms with Gasteiger partial charge >= 0.3 is 11.9 Å². The summed E-state index contributed by atoms with van der Waals surface area (Å²) in [6.07, 6.45) is 0.911. The number of hydrogen-bond acceptors (Lipinski definition) is 7. The third kappa shape index (κ3) is 4.14. The first-order chi connectivity index (χ1) is 10.5. The van der Waals surface area contributed by atoms with Crippen LogP contribution in [0.5, 0.6) is 5.75 Å². The number of benzene rings is 1. The predicted molar refractivity (Wildman–Crippen MR) is 78.5 cm³/mol. The topological polar surface area (TPSA) is 97.6 Å². The molecule has 1 rings (SSSR count). The van der Waals surface area contributed by atoms with Gasteiger partial charge < -0.3 is 19.5 Å². The summed E-state index contributed by atoms with van der Waals surface area (Å²) in [5.74, 6) is -1.26. The van der Waals surface area contributed by atoms with Gasteiger partial charge in [-0.15, -0.1) is 0 Å². The number of esters is 2. The van der Waals surface area contributed by atoms with E-state index in [-0.39, 0.29) is 22.0 Å². The average molecular weight is 325 g/mol. The van der Waals surface area contributed by atoms with E-state index in [1.807, 2.05) is 6.07 Å². The molecule has 0 spiro atoms. The summed E-state index contributed by atoms with van der Waals surface area (Å²) in [6.45, 7) is 0. The Morgan fingerprint density at radius 3 is 2.45 bits per heavy atom. The fraction of sp³-hybridized carbons (Fsp3) is 0.214. The second kappa shape index (κ2) is 7.90. The lowest BCUT2D eigenvalue weighted by atomic mass is 10.1. The molecule has 0 atom stereocenters. The van der Waals surface area contributed by atoms with E-state index in [4.69, 9.17) is 21.6 Å². The molecule has 0 amide bonds. The predicted octanol–water partition coefficient (Wildman–Crippen LogP) is 1.86. The molecule has 0 aromatic heterocycles. The number of carbonyl (C=O) groups is 2. The summed E-state index contributed by atoms with van der Waals surface area (Å²) in [7, 11) is 3.73. The Bertz CT molecular complexity index is 664. The maximum atomic E-state index is 11.7. The van der Waals surface area contributed by atoms with E-state index in [1.165, 1.54) is 26.4 Å². The van der Waals surface area contributed by atoms with Crippen LogP contribution in [0.2, 0.25) is 5.02 Å². The van der Waals surface area contributed by atoms with Gasteiger partial charge in [-0.25, -0.2) is 9.59 Å². The minimum atomic E-state index is -0.803. The molecule has 22 heavy (non-hydrogen) atoms. The molecule has 0 fully saturated rings. The summed E-state index contributed by atoms with van der Waals surface area (Å²) in [5.41, 5.74) is 0.185. The minimum absolute atomic E-state index is 0.158. The van der Waals surface area contributed by atoms with Gasteiger partial charge in [0.05, 0.1) is 43.7 Å². The van der Waals surface area contributed by atoms with E-state index in [1.54, 1.807) is 0 Å². The van der Waals surface area contributed by atoms with E-state index in [2.05, 4.69) is 14.8 Å². The van der Waals surface area contributed by atoms with Crippen molar-refractivity contribution in [3.8, 4) is 11.8 Å². The largest absolute Gasteiger partial charge is 0.495 e. The van der Waals surface area contributed by atoms with E-state index in [0.29, 0.717) is 5.75 Å². The summed E-state index contributed by atoms with van der Waals surface area (Å²) in [6, 6.07) is 4.72. The molecule has 0 radical (unpaired) electrons. The molecule has 0 unspecified atom stereocenters. The van der Waals surface area contributed by atoms with Crippen molar-refractivity contribution in [1.82, 2.24) is 0 Å². The highest BCUT2D eigenvalue weighted by Crippen LogP contribution is 2.31. The number of rotatable bonds is 5. The zero-order chi connectivity index (χ0) is 16.7. The van der Waals surface area contributed by atoms with Gasteiger partial charge in [0, 0.05) is 6.07 Å². The number of nitrogens with zero attached hydrogens (tertiary/aromatic N) is 1. The molecule has 7 nitrogen and oxygen atoms in total. The van der Waals surface area contributed by atoms with Crippen molar-refractivity contribution >= 4 is 29.2 Å². The monoisotopic (exact) mass is 324 g/mol. The van der Waals surface area contributed by atoms with Crippen LogP contribution in [-0.2, 0) is 19.1 Å². The number of anilines is 1. The first-order valence-corrected chi connectivity index (χ1v) is 6.27. The van der Waals surface area contributed by atoms with Gasteiger partial charge in [-0.1, -0.05) is 11.6 Å². The number of methoxy groups -OCH3 is 3. The third-order valence-electron chi connectivity index (χ3n) is 2.55. The van der Waals surface area contributed by atoms with Crippen molar-refractivity contribution in [2.75, 3.05) is 26.6 Å². The quantitative estimate of drug-likeness (QED) is 0.652. The molecule has 1 N–H and O–H groups in total. The molecule has 0 bridgehead atoms. The SMILES string of the molecule is COC(=O)/C=C(/Nc1cc(OC)c(Cl)cc1C#N)C(=O)OC. The molecule has 0 saturated carbocycles. The third-order valence-corrected chi connectivity index (χ3v) is 2.85. The van der Waals surface area contributed by atoms with Crippen LogP contribution in [0.1, 0.15) is 5.56 Å². The van der Waals surface area contributed by atoms with Gasteiger partial charge in [-0.2, -0.15) is 5.26 Å². The maximum absolute atomic E-state index is 11.7. The Morgan fingerprint density at radius 1 is 1.27 bits per heavy atom. The molecule has 8 heteroatoms. The van der Waals surface area contributed by atoms with Crippen LogP contribution in [0.15, 0.2) is 23.9 Å². The van der Waals surface area contributed by atoms with Gasteiger partial charge in [-0.3, -0.25) is 0 Å². The van der Waals surface area contributed by atoms with E-state index in [9.17, 15) is 9.59 Å². The number of ether oxygens (including phenoxy) is 3. The van der Waals surface area contributed by atoms with Crippen LogP contribution >= 0.6 is 11.6 Å². The molecule has 1 aromatic carbocycles. The first-order valence-electron chi connectivity index (χ1n) is 5.89. The van der Waals surface area contributed by atoms with Crippen LogP contribution in [0, 0.1) is 11.3 Å². The molecular weight excluding hydrogens is 312 g/mol. The van der Waals surface area contributed by atoms with Crippen LogP contribution in [0.25, 0.3) is 0 Å². The molecule has 0 saturated heterocycles. The minimum Gasteiger partial charge on any atom is -0.495 e. The number of hydrogen-bond donors (Lipinski definition) is 1. The Balaban J connectivity index is 3.29. The zero-order valence-corrected chi connectivity index (χ0v) is 12.9. The van der Waals surface area contributed by atoms with Crippen molar-refractivity contribution < 1.29 is 23.8 Å². The Morgan fingerprint density at radius 2 is 1.95 bits per heavy atom. The maximum Gasteiger partial charge on any atom is 0.354 e. The summed E-state index contributed by atoms with van der Waals surface area (Å²) < 4.78 is 14.1. The highest BCUT2D eigenvalue weighted by Gasteiger charge is 2.16. The first kappa shape index (κ1) is 17.3. The smallest absolute Gasteiger partial charge is 0.354 e. The number of carbonyl (C=O) groups excluding carboxylic acids is 2. The molecule has 0 aliphatic carbocycles. The lowest BCUT2D eigenvalue weighted by Crippen LogP contribution is -2.16. The lowest BCUT2D eigenvalue weighted by molar-refractivity contribution is -0.138.